The summed E-state index contributed by atoms with van der Waals surface area (Å²) in [5, 5.41) is 5.32. The first-order valence-electron chi connectivity index (χ1n) is 5.95. The summed E-state index contributed by atoms with van der Waals surface area (Å²) in [5.74, 6) is -0.959. The van der Waals surface area contributed by atoms with Crippen LogP contribution in [0, 0.1) is 11.6 Å². The van der Waals surface area contributed by atoms with Crippen molar-refractivity contribution < 1.29 is 8.78 Å². The van der Waals surface area contributed by atoms with Crippen molar-refractivity contribution in [3.8, 4) is 0 Å². The number of nitrogens with one attached hydrogen (secondary N) is 1. The van der Waals surface area contributed by atoms with Gasteiger partial charge >= 0.3 is 0 Å². The molecule has 1 aromatic heterocycles. The number of hydrogen-bond donors (Lipinski definition) is 1. The molecule has 0 spiro atoms. The second kappa shape index (κ2) is 6.59. The van der Waals surface area contributed by atoms with Gasteiger partial charge in [-0.2, -0.15) is 0 Å². The van der Waals surface area contributed by atoms with E-state index >= 15 is 0 Å². The Labute approximate surface area is 123 Å². The first kappa shape index (κ1) is 14.6. The molecule has 0 amide bonds. The van der Waals surface area contributed by atoms with Crippen molar-refractivity contribution in [3.63, 3.8) is 0 Å². The van der Waals surface area contributed by atoms with Crippen LogP contribution in [-0.2, 0) is 13.0 Å². The van der Waals surface area contributed by atoms with Gasteiger partial charge in [-0.1, -0.05) is 6.07 Å². The molecular formula is C14H14BrF2NS. The smallest absolute Gasteiger partial charge is 0.129 e. The van der Waals surface area contributed by atoms with Crippen LogP contribution in [0.25, 0.3) is 0 Å². The lowest BCUT2D eigenvalue weighted by Gasteiger charge is -2.14. The van der Waals surface area contributed by atoms with Crippen LogP contribution in [-0.4, -0.2) is 6.04 Å². The molecule has 1 heterocycles. The van der Waals surface area contributed by atoms with Gasteiger partial charge in [-0.05, 0) is 58.4 Å². The third kappa shape index (κ3) is 4.09. The normalized spacial score (nSPS) is 12.6. The lowest BCUT2D eigenvalue weighted by atomic mass is 10.1. The monoisotopic (exact) mass is 345 g/mol. The minimum absolute atomic E-state index is 0.00470. The Morgan fingerprint density at radius 2 is 2.00 bits per heavy atom. The first-order valence-corrected chi connectivity index (χ1v) is 7.62. The number of benzene rings is 1. The standard InChI is InChI=1S/C14H14BrF2NS/c1-9(18-7-10-6-14(15)19-8-10)5-11-12(16)3-2-4-13(11)17/h2-4,6,8-9,18H,5,7H2,1H3. The van der Waals surface area contributed by atoms with Crippen molar-refractivity contribution in [2.75, 3.05) is 0 Å². The van der Waals surface area contributed by atoms with E-state index in [1.807, 2.05) is 18.4 Å². The molecule has 1 atom stereocenters. The molecule has 0 radical (unpaired) electrons. The van der Waals surface area contributed by atoms with Crippen LogP contribution < -0.4 is 5.32 Å². The van der Waals surface area contributed by atoms with Gasteiger partial charge in [0.2, 0.25) is 0 Å². The number of thiophene rings is 1. The van der Waals surface area contributed by atoms with Crippen LogP contribution in [0.4, 0.5) is 8.78 Å². The molecule has 1 N–H and O–H groups in total. The summed E-state index contributed by atoms with van der Waals surface area (Å²) in [5.41, 5.74) is 1.31. The molecule has 2 rings (SSSR count). The molecule has 0 aliphatic heterocycles. The summed E-state index contributed by atoms with van der Waals surface area (Å²) in [6.07, 6.45) is 0.337. The number of halogens is 3. The lowest BCUT2D eigenvalue weighted by molar-refractivity contribution is 0.499. The van der Waals surface area contributed by atoms with Gasteiger partial charge < -0.3 is 5.32 Å². The van der Waals surface area contributed by atoms with E-state index in [0.29, 0.717) is 13.0 Å². The predicted molar refractivity (Wildman–Crippen MR) is 78.4 cm³/mol. The average Bonchev–Trinajstić information content (AvgIpc) is 2.77. The Balaban J connectivity index is 1.92. The summed E-state index contributed by atoms with van der Waals surface area (Å²) in [4.78, 5) is 0. The van der Waals surface area contributed by atoms with Crippen molar-refractivity contribution in [2.45, 2.75) is 25.9 Å². The third-order valence-electron chi connectivity index (χ3n) is 2.85. The Morgan fingerprint density at radius 3 is 2.58 bits per heavy atom. The fourth-order valence-corrected chi connectivity index (χ4v) is 3.05. The van der Waals surface area contributed by atoms with Crippen LogP contribution in [0.15, 0.2) is 33.4 Å². The zero-order valence-corrected chi connectivity index (χ0v) is 12.8. The van der Waals surface area contributed by atoms with E-state index < -0.39 is 11.6 Å². The molecule has 0 bridgehead atoms. The van der Waals surface area contributed by atoms with E-state index in [1.165, 1.54) is 18.2 Å². The molecular weight excluding hydrogens is 332 g/mol. The van der Waals surface area contributed by atoms with Crippen molar-refractivity contribution in [1.29, 1.82) is 0 Å². The van der Waals surface area contributed by atoms with Gasteiger partial charge in [-0.15, -0.1) is 11.3 Å². The molecule has 0 saturated heterocycles. The highest BCUT2D eigenvalue weighted by atomic mass is 79.9. The van der Waals surface area contributed by atoms with E-state index in [-0.39, 0.29) is 11.6 Å². The lowest BCUT2D eigenvalue weighted by Crippen LogP contribution is -2.28. The second-order valence-electron chi connectivity index (χ2n) is 4.45. The Bertz CT molecular complexity index is 536. The molecule has 0 aliphatic rings. The molecule has 1 unspecified atom stereocenters. The Hall–Kier alpha value is -0.780. The largest absolute Gasteiger partial charge is 0.310 e. The molecule has 19 heavy (non-hydrogen) atoms. The van der Waals surface area contributed by atoms with Gasteiger partial charge in [0.15, 0.2) is 0 Å². The fourth-order valence-electron chi connectivity index (χ4n) is 1.84. The van der Waals surface area contributed by atoms with E-state index in [4.69, 9.17) is 0 Å². The van der Waals surface area contributed by atoms with Gasteiger partial charge in [-0.3, -0.25) is 0 Å². The maximum absolute atomic E-state index is 13.5. The van der Waals surface area contributed by atoms with Crippen LogP contribution in [0.5, 0.6) is 0 Å². The quantitative estimate of drug-likeness (QED) is 0.840. The highest BCUT2D eigenvalue weighted by Gasteiger charge is 2.12. The zero-order chi connectivity index (χ0) is 13.8. The van der Waals surface area contributed by atoms with Crippen molar-refractivity contribution in [1.82, 2.24) is 5.32 Å². The predicted octanol–water partition coefficient (Wildman–Crippen LogP) is 4.51. The maximum Gasteiger partial charge on any atom is 0.129 e. The Morgan fingerprint density at radius 1 is 1.32 bits per heavy atom. The van der Waals surface area contributed by atoms with E-state index in [1.54, 1.807) is 11.3 Å². The van der Waals surface area contributed by atoms with Gasteiger partial charge in [0.05, 0.1) is 3.79 Å². The molecule has 1 nitrogen and oxygen atoms in total. The van der Waals surface area contributed by atoms with Gasteiger partial charge in [0.25, 0.3) is 0 Å². The zero-order valence-electron chi connectivity index (χ0n) is 10.4. The topological polar surface area (TPSA) is 12.0 Å². The van der Waals surface area contributed by atoms with Crippen LogP contribution in [0.1, 0.15) is 18.1 Å². The van der Waals surface area contributed by atoms with E-state index in [0.717, 1.165) is 9.35 Å². The van der Waals surface area contributed by atoms with Crippen LogP contribution in [0.2, 0.25) is 0 Å². The maximum atomic E-state index is 13.5. The van der Waals surface area contributed by atoms with Crippen molar-refractivity contribution >= 4 is 27.3 Å². The van der Waals surface area contributed by atoms with Crippen LogP contribution >= 0.6 is 27.3 Å². The third-order valence-corrected chi connectivity index (χ3v) is 4.40. The first-order chi connectivity index (χ1) is 9.06. The number of hydrogen-bond acceptors (Lipinski definition) is 2. The summed E-state index contributed by atoms with van der Waals surface area (Å²) in [6, 6.07) is 6.01. The summed E-state index contributed by atoms with van der Waals surface area (Å²) in [6.45, 7) is 2.62. The summed E-state index contributed by atoms with van der Waals surface area (Å²) < 4.78 is 28.1. The minimum Gasteiger partial charge on any atom is -0.310 e. The highest BCUT2D eigenvalue weighted by Crippen LogP contribution is 2.20. The van der Waals surface area contributed by atoms with Crippen LogP contribution in [0.3, 0.4) is 0 Å². The SMILES string of the molecule is CC(Cc1c(F)cccc1F)NCc1csc(Br)c1. The molecule has 0 saturated carbocycles. The summed E-state index contributed by atoms with van der Waals surface area (Å²) in [7, 11) is 0. The van der Waals surface area contributed by atoms with Crippen molar-refractivity contribution in [3.05, 3.63) is 56.2 Å². The van der Waals surface area contributed by atoms with E-state index in [9.17, 15) is 8.78 Å². The van der Waals surface area contributed by atoms with Crippen molar-refractivity contribution in [2.24, 2.45) is 0 Å². The second-order valence-corrected chi connectivity index (χ2v) is 6.74. The van der Waals surface area contributed by atoms with E-state index in [2.05, 4.69) is 21.2 Å². The fraction of sp³-hybridized carbons (Fsp3) is 0.286. The molecule has 1 aromatic carbocycles. The van der Waals surface area contributed by atoms with Gasteiger partial charge in [0.1, 0.15) is 11.6 Å². The van der Waals surface area contributed by atoms with Gasteiger partial charge in [0, 0.05) is 18.2 Å². The number of rotatable bonds is 5. The molecule has 0 fully saturated rings. The molecule has 0 aliphatic carbocycles. The molecule has 2 aromatic rings. The minimum atomic E-state index is -0.480. The highest BCUT2D eigenvalue weighted by molar-refractivity contribution is 9.11. The average molecular weight is 346 g/mol. The van der Waals surface area contributed by atoms with Gasteiger partial charge in [-0.25, -0.2) is 8.78 Å². The molecule has 5 heteroatoms. The molecule has 102 valence electrons. The summed E-state index contributed by atoms with van der Waals surface area (Å²) >= 11 is 5.03. The Kier molecular flexibility index (Phi) is 5.07.